The van der Waals surface area contributed by atoms with E-state index in [4.69, 9.17) is 16.9 Å². The first-order valence-corrected chi connectivity index (χ1v) is 8.57. The Labute approximate surface area is 146 Å². The van der Waals surface area contributed by atoms with Crippen molar-refractivity contribution in [2.45, 2.75) is 32.6 Å². The third-order valence-corrected chi connectivity index (χ3v) is 4.54. The maximum Gasteiger partial charge on any atom is 0.241 e. The molecule has 1 atom stereocenters. The second kappa shape index (κ2) is 7.08. The Morgan fingerprint density at radius 3 is 2.84 bits per heavy atom. The lowest BCUT2D eigenvalue weighted by Crippen LogP contribution is -2.21. The number of halogens is 1. The Balaban J connectivity index is 1.72. The van der Waals surface area contributed by atoms with Gasteiger partial charge in [0.05, 0.1) is 11.4 Å². The molecule has 134 valence electrons. The van der Waals surface area contributed by atoms with E-state index >= 15 is 0 Å². The third-order valence-electron chi connectivity index (χ3n) is 4.54. The molecule has 1 aromatic heterocycles. The Bertz CT molecular complexity index is 770. The van der Waals surface area contributed by atoms with Crippen molar-refractivity contribution in [3.05, 3.63) is 24.0 Å². The lowest BCUT2D eigenvalue weighted by Gasteiger charge is -2.20. The van der Waals surface area contributed by atoms with Crippen molar-refractivity contribution < 1.29 is 4.39 Å². The van der Waals surface area contributed by atoms with E-state index in [1.807, 2.05) is 4.90 Å². The van der Waals surface area contributed by atoms with Crippen molar-refractivity contribution in [3.8, 4) is 5.69 Å². The monoisotopic (exact) mass is 345 g/mol. The Kier molecular flexibility index (Phi) is 4.87. The molecule has 0 amide bonds. The molecule has 8 heteroatoms. The molecule has 2 heterocycles. The summed E-state index contributed by atoms with van der Waals surface area (Å²) in [6.45, 7) is 3.67. The number of nitrogens with one attached hydrogen (secondary N) is 1. The van der Waals surface area contributed by atoms with Gasteiger partial charge in [0, 0.05) is 24.9 Å². The fourth-order valence-electron chi connectivity index (χ4n) is 3.39. The van der Waals surface area contributed by atoms with E-state index in [0.717, 1.165) is 44.5 Å². The molecule has 0 saturated carbocycles. The predicted octanol–water partition coefficient (Wildman–Crippen LogP) is 2.61. The number of hydrogen-bond donors (Lipinski definition) is 3. The molecule has 0 unspecified atom stereocenters. The maximum absolute atomic E-state index is 14.6. The van der Waals surface area contributed by atoms with Gasteiger partial charge in [-0.2, -0.15) is 9.67 Å². The van der Waals surface area contributed by atoms with Gasteiger partial charge in [-0.1, -0.05) is 13.3 Å². The van der Waals surface area contributed by atoms with Crippen molar-refractivity contribution in [2.24, 2.45) is 5.92 Å². The number of benzene rings is 1. The van der Waals surface area contributed by atoms with E-state index in [0.29, 0.717) is 17.3 Å². The fraction of sp³-hybridized carbons (Fsp3) is 0.471. The van der Waals surface area contributed by atoms with Crippen molar-refractivity contribution >= 4 is 23.3 Å². The molecule has 1 saturated heterocycles. The molecule has 5 N–H and O–H groups in total. The second-order valence-corrected chi connectivity index (χ2v) is 6.53. The van der Waals surface area contributed by atoms with Gasteiger partial charge in [-0.3, -0.25) is 0 Å². The highest BCUT2D eigenvalue weighted by Crippen LogP contribution is 2.29. The van der Waals surface area contributed by atoms with E-state index in [1.54, 1.807) is 12.1 Å². The van der Waals surface area contributed by atoms with Crippen LogP contribution < -0.4 is 16.4 Å². The highest BCUT2D eigenvalue weighted by atomic mass is 19.1. The van der Waals surface area contributed by atoms with Crippen LogP contribution in [0.4, 0.5) is 22.0 Å². The molecular weight excluding hydrogens is 321 g/mol. The van der Waals surface area contributed by atoms with Gasteiger partial charge >= 0.3 is 0 Å². The van der Waals surface area contributed by atoms with Gasteiger partial charge in [-0.15, -0.1) is 5.10 Å². The molecule has 3 rings (SSSR count). The second-order valence-electron chi connectivity index (χ2n) is 6.53. The summed E-state index contributed by atoms with van der Waals surface area (Å²) in [6.07, 6.45) is 3.64. The number of rotatable bonds is 6. The van der Waals surface area contributed by atoms with E-state index in [-0.39, 0.29) is 17.7 Å². The van der Waals surface area contributed by atoms with Crippen molar-refractivity contribution in [2.75, 3.05) is 29.5 Å². The standard InChI is InChI=1S/C17H24FN7/c1-2-3-12(19)8-11-6-7-24(10-11)15-5-4-13(9-14(15)18)25-17(21)22-16(20)23-25/h4-5,9,11,19H,2-3,6-8,10H2,1H3,(H4,20,21,22,23)/t11-/m0/s1. The van der Waals surface area contributed by atoms with E-state index < -0.39 is 0 Å². The third kappa shape index (κ3) is 3.72. The number of nitrogens with two attached hydrogens (primary N) is 2. The Morgan fingerprint density at radius 1 is 1.40 bits per heavy atom. The zero-order chi connectivity index (χ0) is 18.0. The van der Waals surface area contributed by atoms with Crippen LogP contribution in [0.2, 0.25) is 0 Å². The smallest absolute Gasteiger partial charge is 0.241 e. The van der Waals surface area contributed by atoms with Crippen LogP contribution in [0.5, 0.6) is 0 Å². The molecule has 7 nitrogen and oxygen atoms in total. The van der Waals surface area contributed by atoms with Gasteiger partial charge in [0.2, 0.25) is 11.9 Å². The summed E-state index contributed by atoms with van der Waals surface area (Å²) >= 11 is 0. The van der Waals surface area contributed by atoms with Crippen molar-refractivity contribution in [1.82, 2.24) is 14.8 Å². The number of aromatic nitrogens is 3. The first-order chi connectivity index (χ1) is 12.0. The van der Waals surface area contributed by atoms with Crippen LogP contribution in [0.15, 0.2) is 18.2 Å². The van der Waals surface area contributed by atoms with Crippen LogP contribution in [0.3, 0.4) is 0 Å². The first-order valence-electron chi connectivity index (χ1n) is 8.57. The highest BCUT2D eigenvalue weighted by molar-refractivity contribution is 5.81. The van der Waals surface area contributed by atoms with Crippen LogP contribution in [-0.4, -0.2) is 33.6 Å². The molecule has 2 aromatic rings. The van der Waals surface area contributed by atoms with Gasteiger partial charge in [0.1, 0.15) is 5.82 Å². The summed E-state index contributed by atoms with van der Waals surface area (Å²) in [5.41, 5.74) is 13.1. The van der Waals surface area contributed by atoms with E-state index in [1.165, 1.54) is 10.7 Å². The lowest BCUT2D eigenvalue weighted by molar-refractivity contribution is 0.601. The first kappa shape index (κ1) is 17.2. The van der Waals surface area contributed by atoms with E-state index in [9.17, 15) is 4.39 Å². The van der Waals surface area contributed by atoms with Gasteiger partial charge < -0.3 is 21.8 Å². The van der Waals surface area contributed by atoms with Crippen LogP contribution >= 0.6 is 0 Å². The number of nitrogen functional groups attached to an aromatic ring is 2. The van der Waals surface area contributed by atoms with Crippen molar-refractivity contribution in [1.29, 1.82) is 5.41 Å². The highest BCUT2D eigenvalue weighted by Gasteiger charge is 2.25. The quantitative estimate of drug-likeness (QED) is 0.697. The molecule has 0 bridgehead atoms. The van der Waals surface area contributed by atoms with Gasteiger partial charge in [0.25, 0.3) is 0 Å². The summed E-state index contributed by atoms with van der Waals surface area (Å²) in [6, 6.07) is 4.89. The van der Waals surface area contributed by atoms with E-state index in [2.05, 4.69) is 17.0 Å². The molecule has 1 aliphatic rings. The Hall–Kier alpha value is -2.64. The van der Waals surface area contributed by atoms with Gasteiger partial charge in [0.15, 0.2) is 0 Å². The number of nitrogens with zero attached hydrogens (tertiary/aromatic N) is 4. The topological polar surface area (TPSA) is 110 Å². The summed E-state index contributed by atoms with van der Waals surface area (Å²) in [5, 5.41) is 11.9. The molecule has 0 aliphatic carbocycles. The maximum atomic E-state index is 14.6. The minimum atomic E-state index is -0.324. The molecule has 25 heavy (non-hydrogen) atoms. The largest absolute Gasteiger partial charge is 0.369 e. The summed E-state index contributed by atoms with van der Waals surface area (Å²) in [4.78, 5) is 5.87. The number of anilines is 3. The lowest BCUT2D eigenvalue weighted by atomic mass is 9.99. The predicted molar refractivity (Wildman–Crippen MR) is 97.7 cm³/mol. The average Bonchev–Trinajstić information content (AvgIpc) is 3.13. The summed E-state index contributed by atoms with van der Waals surface area (Å²) < 4.78 is 15.9. The summed E-state index contributed by atoms with van der Waals surface area (Å²) in [5.74, 6) is 0.276. The fourth-order valence-corrected chi connectivity index (χ4v) is 3.39. The molecule has 0 spiro atoms. The normalized spacial score (nSPS) is 17.2. The Morgan fingerprint density at radius 2 is 2.20 bits per heavy atom. The SMILES string of the molecule is CCCC(=N)C[C@@H]1CCN(c2ccc(-n3nc(N)nc3N)cc2F)C1. The number of hydrogen-bond acceptors (Lipinski definition) is 6. The molecular formula is C17H24FN7. The minimum absolute atomic E-state index is 0.0545. The zero-order valence-corrected chi connectivity index (χ0v) is 14.4. The van der Waals surface area contributed by atoms with Gasteiger partial charge in [-0.05, 0) is 37.3 Å². The molecule has 1 aliphatic heterocycles. The van der Waals surface area contributed by atoms with Crippen LogP contribution in [0.1, 0.15) is 32.6 Å². The van der Waals surface area contributed by atoms with Crippen LogP contribution in [0.25, 0.3) is 5.69 Å². The van der Waals surface area contributed by atoms with Crippen LogP contribution in [0, 0.1) is 17.1 Å². The minimum Gasteiger partial charge on any atom is -0.369 e. The summed E-state index contributed by atoms with van der Waals surface area (Å²) in [7, 11) is 0. The average molecular weight is 345 g/mol. The molecule has 1 aromatic carbocycles. The molecule has 1 fully saturated rings. The van der Waals surface area contributed by atoms with Gasteiger partial charge in [-0.25, -0.2) is 4.39 Å². The molecule has 0 radical (unpaired) electrons. The van der Waals surface area contributed by atoms with Crippen LogP contribution in [-0.2, 0) is 0 Å². The zero-order valence-electron chi connectivity index (χ0n) is 14.4. The van der Waals surface area contributed by atoms with Crippen molar-refractivity contribution in [3.63, 3.8) is 0 Å².